The average molecular weight is 247 g/mol. The number of likely N-dealkylation sites (tertiary alicyclic amines) is 1. The Bertz CT molecular complexity index is 421. The molecule has 2 N–H and O–H groups in total. The summed E-state index contributed by atoms with van der Waals surface area (Å²) in [6.07, 6.45) is 1.46. The van der Waals surface area contributed by atoms with Crippen LogP contribution in [-0.2, 0) is 4.79 Å². The van der Waals surface area contributed by atoms with Gasteiger partial charge in [-0.3, -0.25) is 9.69 Å². The zero-order chi connectivity index (χ0) is 12.8. The van der Waals surface area contributed by atoms with Crippen LogP contribution in [0.4, 0.5) is 5.69 Å². The van der Waals surface area contributed by atoms with Gasteiger partial charge in [0.05, 0.1) is 12.3 Å². The number of nitrogens with zero attached hydrogens (tertiary/aromatic N) is 2. The molecular weight excluding hydrogens is 230 g/mol. The lowest BCUT2D eigenvalue weighted by molar-refractivity contribution is -0.117. The average Bonchev–Trinajstić information content (AvgIpc) is 2.40. The maximum atomic E-state index is 11.8. The minimum atomic E-state index is -0.00872. The van der Waals surface area contributed by atoms with Gasteiger partial charge in [0.25, 0.3) is 0 Å². The van der Waals surface area contributed by atoms with Crippen LogP contribution in [0.15, 0.2) is 35.5 Å². The fourth-order valence-corrected chi connectivity index (χ4v) is 1.99. The van der Waals surface area contributed by atoms with Gasteiger partial charge in [0.1, 0.15) is 0 Å². The van der Waals surface area contributed by atoms with Gasteiger partial charge in [-0.15, -0.1) is 0 Å². The normalized spacial score (nSPS) is 16.3. The summed E-state index contributed by atoms with van der Waals surface area (Å²) in [7, 11) is 0. The molecule has 1 heterocycles. The number of carbonyl (C=O) groups is 1. The van der Waals surface area contributed by atoms with Gasteiger partial charge < -0.3 is 10.5 Å². The van der Waals surface area contributed by atoms with Crippen molar-refractivity contribution in [2.45, 2.75) is 12.8 Å². The predicted molar refractivity (Wildman–Crippen MR) is 70.0 cm³/mol. The number of anilines is 1. The summed E-state index contributed by atoms with van der Waals surface area (Å²) in [5.74, 6) is -0.00872. The molecule has 0 atom stereocenters. The van der Waals surface area contributed by atoms with Crippen molar-refractivity contribution in [3.05, 3.63) is 30.3 Å². The first-order valence-corrected chi connectivity index (χ1v) is 6.05. The molecule has 1 aromatic rings. The van der Waals surface area contributed by atoms with Crippen LogP contribution in [0.2, 0.25) is 0 Å². The Labute approximate surface area is 106 Å². The molecule has 0 saturated carbocycles. The van der Waals surface area contributed by atoms with E-state index in [0.717, 1.165) is 37.3 Å². The van der Waals surface area contributed by atoms with Gasteiger partial charge in [-0.2, -0.15) is 0 Å². The Hall–Kier alpha value is -1.88. The number of benzene rings is 1. The van der Waals surface area contributed by atoms with Crippen LogP contribution in [0, 0.1) is 0 Å². The molecule has 1 aromatic carbocycles. The highest BCUT2D eigenvalue weighted by atomic mass is 16.4. The third-order valence-corrected chi connectivity index (χ3v) is 3.00. The van der Waals surface area contributed by atoms with Crippen molar-refractivity contribution < 1.29 is 10.0 Å². The molecule has 1 aliphatic heterocycles. The fourth-order valence-electron chi connectivity index (χ4n) is 1.99. The highest BCUT2D eigenvalue weighted by molar-refractivity contribution is 5.92. The Morgan fingerprint density at radius 2 is 1.94 bits per heavy atom. The Balaban J connectivity index is 1.78. The van der Waals surface area contributed by atoms with E-state index >= 15 is 0 Å². The van der Waals surface area contributed by atoms with E-state index in [4.69, 9.17) is 5.21 Å². The van der Waals surface area contributed by atoms with Crippen LogP contribution in [0.3, 0.4) is 0 Å². The standard InChI is InChI=1S/C13H17N3O2/c17-13(14-11-4-2-1-3-5-11)10-16-8-6-12(15-18)7-9-16/h1-5,18H,6-10H2,(H,14,17). The van der Waals surface area contributed by atoms with Crippen molar-refractivity contribution >= 4 is 17.3 Å². The smallest absolute Gasteiger partial charge is 0.238 e. The maximum Gasteiger partial charge on any atom is 0.238 e. The second kappa shape index (κ2) is 6.16. The quantitative estimate of drug-likeness (QED) is 0.629. The molecule has 1 aliphatic rings. The number of amides is 1. The van der Waals surface area contributed by atoms with Crippen molar-refractivity contribution in [1.29, 1.82) is 0 Å². The minimum absolute atomic E-state index is 0.00872. The van der Waals surface area contributed by atoms with Gasteiger partial charge in [0.15, 0.2) is 0 Å². The molecule has 2 rings (SSSR count). The number of carbonyl (C=O) groups excluding carboxylic acids is 1. The van der Waals surface area contributed by atoms with Crippen molar-refractivity contribution in [2.75, 3.05) is 25.0 Å². The third-order valence-electron chi connectivity index (χ3n) is 3.00. The minimum Gasteiger partial charge on any atom is -0.411 e. The molecule has 0 radical (unpaired) electrons. The van der Waals surface area contributed by atoms with Crippen LogP contribution in [-0.4, -0.2) is 41.4 Å². The monoisotopic (exact) mass is 247 g/mol. The lowest BCUT2D eigenvalue weighted by Gasteiger charge is -2.26. The molecule has 0 spiro atoms. The number of piperidine rings is 1. The van der Waals surface area contributed by atoms with E-state index in [2.05, 4.69) is 15.4 Å². The lowest BCUT2D eigenvalue weighted by atomic mass is 10.1. The zero-order valence-corrected chi connectivity index (χ0v) is 10.2. The summed E-state index contributed by atoms with van der Waals surface area (Å²) in [6.45, 7) is 1.91. The molecule has 1 saturated heterocycles. The molecule has 18 heavy (non-hydrogen) atoms. The summed E-state index contributed by atoms with van der Waals surface area (Å²) < 4.78 is 0. The Morgan fingerprint density at radius 3 is 2.56 bits per heavy atom. The van der Waals surface area contributed by atoms with Crippen molar-refractivity contribution in [1.82, 2.24) is 4.90 Å². The molecule has 0 unspecified atom stereocenters. The van der Waals surface area contributed by atoms with Crippen LogP contribution in [0.1, 0.15) is 12.8 Å². The van der Waals surface area contributed by atoms with E-state index in [1.807, 2.05) is 30.3 Å². The van der Waals surface area contributed by atoms with Gasteiger partial charge in [-0.25, -0.2) is 0 Å². The summed E-state index contributed by atoms with van der Waals surface area (Å²) in [5.41, 5.74) is 1.63. The first kappa shape index (κ1) is 12.6. The van der Waals surface area contributed by atoms with E-state index in [1.165, 1.54) is 0 Å². The van der Waals surface area contributed by atoms with Crippen LogP contribution in [0.25, 0.3) is 0 Å². The molecular formula is C13H17N3O2. The number of oxime groups is 1. The zero-order valence-electron chi connectivity index (χ0n) is 10.2. The van der Waals surface area contributed by atoms with Crippen molar-refractivity contribution in [2.24, 2.45) is 5.16 Å². The second-order valence-corrected chi connectivity index (χ2v) is 4.36. The number of rotatable bonds is 3. The molecule has 1 fully saturated rings. The summed E-state index contributed by atoms with van der Waals surface area (Å²) in [6, 6.07) is 9.42. The summed E-state index contributed by atoms with van der Waals surface area (Å²) in [4.78, 5) is 13.9. The predicted octanol–water partition coefficient (Wildman–Crippen LogP) is 1.55. The van der Waals surface area contributed by atoms with Gasteiger partial charge in [0, 0.05) is 31.6 Å². The van der Waals surface area contributed by atoms with Gasteiger partial charge >= 0.3 is 0 Å². The fraction of sp³-hybridized carbons (Fsp3) is 0.385. The lowest BCUT2D eigenvalue weighted by Crippen LogP contribution is -2.39. The van der Waals surface area contributed by atoms with E-state index in [-0.39, 0.29) is 5.91 Å². The molecule has 0 bridgehead atoms. The van der Waals surface area contributed by atoms with E-state index in [0.29, 0.717) is 6.54 Å². The summed E-state index contributed by atoms with van der Waals surface area (Å²) >= 11 is 0. The molecule has 0 aliphatic carbocycles. The van der Waals surface area contributed by atoms with Gasteiger partial charge in [-0.1, -0.05) is 23.4 Å². The Kier molecular flexibility index (Phi) is 4.30. The van der Waals surface area contributed by atoms with Crippen LogP contribution in [0.5, 0.6) is 0 Å². The molecule has 96 valence electrons. The molecule has 5 nitrogen and oxygen atoms in total. The maximum absolute atomic E-state index is 11.8. The third kappa shape index (κ3) is 3.56. The number of nitrogens with one attached hydrogen (secondary N) is 1. The topological polar surface area (TPSA) is 64.9 Å². The van der Waals surface area contributed by atoms with Gasteiger partial charge in [0.2, 0.25) is 5.91 Å². The first-order chi connectivity index (χ1) is 8.78. The first-order valence-electron chi connectivity index (χ1n) is 6.05. The molecule has 1 amide bonds. The number of hydrogen-bond donors (Lipinski definition) is 2. The van der Waals surface area contributed by atoms with Crippen LogP contribution < -0.4 is 5.32 Å². The van der Waals surface area contributed by atoms with Crippen molar-refractivity contribution in [3.8, 4) is 0 Å². The number of para-hydroxylation sites is 1. The van der Waals surface area contributed by atoms with Crippen molar-refractivity contribution in [3.63, 3.8) is 0 Å². The van der Waals surface area contributed by atoms with E-state index < -0.39 is 0 Å². The largest absolute Gasteiger partial charge is 0.411 e. The number of hydrogen-bond acceptors (Lipinski definition) is 4. The summed E-state index contributed by atoms with van der Waals surface area (Å²) in [5, 5.41) is 14.7. The highest BCUT2D eigenvalue weighted by Crippen LogP contribution is 2.08. The van der Waals surface area contributed by atoms with E-state index in [9.17, 15) is 4.79 Å². The van der Waals surface area contributed by atoms with Gasteiger partial charge in [-0.05, 0) is 12.1 Å². The molecule has 0 aromatic heterocycles. The SMILES string of the molecule is O=C(CN1CCC(=NO)CC1)Nc1ccccc1. The van der Waals surface area contributed by atoms with E-state index in [1.54, 1.807) is 0 Å². The molecule has 5 heteroatoms. The van der Waals surface area contributed by atoms with Crippen LogP contribution >= 0.6 is 0 Å². The highest BCUT2D eigenvalue weighted by Gasteiger charge is 2.17. The second-order valence-electron chi connectivity index (χ2n) is 4.36. The Morgan fingerprint density at radius 1 is 1.28 bits per heavy atom.